The van der Waals surface area contributed by atoms with Crippen molar-refractivity contribution in [3.8, 4) is 0 Å². The maximum atomic E-state index is 4.77. The third kappa shape index (κ3) is 2.88. The zero-order valence-corrected chi connectivity index (χ0v) is 13.3. The topological polar surface area (TPSA) is 28.2 Å². The van der Waals surface area contributed by atoms with Gasteiger partial charge in [-0.05, 0) is 38.8 Å². The fourth-order valence-electron chi connectivity index (χ4n) is 3.48. The van der Waals surface area contributed by atoms with Gasteiger partial charge in [0.25, 0.3) is 0 Å². The van der Waals surface area contributed by atoms with E-state index in [1.807, 2.05) is 13.1 Å². The molecule has 112 valence electrons. The predicted molar refractivity (Wildman–Crippen MR) is 89.6 cm³/mol. The highest BCUT2D eigenvalue weighted by Gasteiger charge is 2.25. The van der Waals surface area contributed by atoms with E-state index in [9.17, 15) is 0 Å². The van der Waals surface area contributed by atoms with Gasteiger partial charge in [0.05, 0.1) is 5.52 Å². The second-order valence-electron chi connectivity index (χ2n) is 6.24. The molecule has 3 heteroatoms. The Morgan fingerprint density at radius 2 is 1.90 bits per heavy atom. The van der Waals surface area contributed by atoms with E-state index in [-0.39, 0.29) is 0 Å². The van der Waals surface area contributed by atoms with E-state index in [4.69, 9.17) is 4.98 Å². The van der Waals surface area contributed by atoms with E-state index in [1.54, 1.807) is 0 Å². The van der Waals surface area contributed by atoms with Gasteiger partial charge >= 0.3 is 0 Å². The molecule has 1 aliphatic rings. The van der Waals surface area contributed by atoms with Crippen LogP contribution in [0, 0.1) is 0 Å². The monoisotopic (exact) mass is 283 g/mol. The minimum atomic E-state index is 0.657. The molecule has 0 spiro atoms. The van der Waals surface area contributed by atoms with Gasteiger partial charge in [0.1, 0.15) is 5.82 Å². The standard InChI is InChI=1S/C18H25N3/c1-13-7-6-8-14(2)21(13)12-16-11-15-9-4-5-10-17(15)20-18(16)19-3/h4-5,9-11,13-14H,6-8,12H2,1-3H3,(H,19,20)/t13-,14+. The summed E-state index contributed by atoms with van der Waals surface area (Å²) in [6, 6.07) is 12.0. The Kier molecular flexibility index (Phi) is 4.11. The molecule has 3 nitrogen and oxygen atoms in total. The molecule has 1 fully saturated rings. The summed E-state index contributed by atoms with van der Waals surface area (Å²) in [6.45, 7) is 5.68. The van der Waals surface area contributed by atoms with Crippen LogP contribution in [0.2, 0.25) is 0 Å². The summed E-state index contributed by atoms with van der Waals surface area (Å²) in [5.74, 6) is 1.01. The van der Waals surface area contributed by atoms with Crippen LogP contribution in [0.3, 0.4) is 0 Å². The quantitative estimate of drug-likeness (QED) is 0.921. The summed E-state index contributed by atoms with van der Waals surface area (Å²) in [6.07, 6.45) is 3.97. The van der Waals surface area contributed by atoms with Crippen molar-refractivity contribution in [2.24, 2.45) is 0 Å². The van der Waals surface area contributed by atoms with Crippen molar-refractivity contribution >= 4 is 16.7 Å². The number of anilines is 1. The summed E-state index contributed by atoms with van der Waals surface area (Å²) in [5, 5.41) is 4.49. The molecular formula is C18H25N3. The van der Waals surface area contributed by atoms with Crippen LogP contribution in [0.25, 0.3) is 10.9 Å². The van der Waals surface area contributed by atoms with Gasteiger partial charge in [-0.2, -0.15) is 0 Å². The lowest BCUT2D eigenvalue weighted by Gasteiger charge is -2.39. The lowest BCUT2D eigenvalue weighted by atomic mass is 9.96. The molecule has 3 rings (SSSR count). The molecule has 0 aliphatic carbocycles. The molecule has 1 aliphatic heterocycles. The molecule has 21 heavy (non-hydrogen) atoms. The van der Waals surface area contributed by atoms with Gasteiger partial charge in [-0.25, -0.2) is 4.98 Å². The van der Waals surface area contributed by atoms with Crippen LogP contribution in [0.1, 0.15) is 38.7 Å². The lowest BCUT2D eigenvalue weighted by molar-refractivity contribution is 0.0954. The molecule has 0 saturated carbocycles. The van der Waals surface area contributed by atoms with Crippen molar-refractivity contribution in [1.82, 2.24) is 9.88 Å². The number of aromatic nitrogens is 1. The largest absolute Gasteiger partial charge is 0.373 e. The van der Waals surface area contributed by atoms with E-state index < -0.39 is 0 Å². The van der Waals surface area contributed by atoms with Crippen LogP contribution in [0.4, 0.5) is 5.82 Å². The van der Waals surface area contributed by atoms with Crippen molar-refractivity contribution in [2.75, 3.05) is 12.4 Å². The number of benzene rings is 1. The third-order valence-electron chi connectivity index (χ3n) is 4.77. The Bertz CT molecular complexity index is 613. The molecule has 2 atom stereocenters. The van der Waals surface area contributed by atoms with Crippen LogP contribution in [-0.2, 0) is 6.54 Å². The van der Waals surface area contributed by atoms with Crippen LogP contribution >= 0.6 is 0 Å². The highest BCUT2D eigenvalue weighted by atomic mass is 15.2. The van der Waals surface area contributed by atoms with E-state index in [0.717, 1.165) is 17.9 Å². The number of pyridine rings is 1. The number of nitrogens with one attached hydrogen (secondary N) is 1. The van der Waals surface area contributed by atoms with Gasteiger partial charge in [0.2, 0.25) is 0 Å². The molecule has 2 heterocycles. The Hall–Kier alpha value is -1.61. The first-order valence-corrected chi connectivity index (χ1v) is 8.01. The van der Waals surface area contributed by atoms with E-state index in [1.165, 1.54) is 30.2 Å². The molecule has 1 N–H and O–H groups in total. The Labute approximate surface area is 127 Å². The van der Waals surface area contributed by atoms with Crippen molar-refractivity contribution in [3.05, 3.63) is 35.9 Å². The third-order valence-corrected chi connectivity index (χ3v) is 4.77. The molecule has 0 bridgehead atoms. The lowest BCUT2D eigenvalue weighted by Crippen LogP contribution is -2.43. The van der Waals surface area contributed by atoms with E-state index >= 15 is 0 Å². The fourth-order valence-corrected chi connectivity index (χ4v) is 3.48. The van der Waals surface area contributed by atoms with Crippen molar-refractivity contribution in [3.63, 3.8) is 0 Å². The Balaban J connectivity index is 1.95. The highest BCUT2D eigenvalue weighted by Crippen LogP contribution is 2.28. The number of nitrogens with zero attached hydrogens (tertiary/aromatic N) is 2. The van der Waals surface area contributed by atoms with Gasteiger partial charge in [0.15, 0.2) is 0 Å². The van der Waals surface area contributed by atoms with E-state index in [0.29, 0.717) is 12.1 Å². The maximum absolute atomic E-state index is 4.77. The van der Waals surface area contributed by atoms with Crippen LogP contribution < -0.4 is 5.32 Å². The van der Waals surface area contributed by atoms with Crippen LogP contribution in [0.5, 0.6) is 0 Å². The summed E-state index contributed by atoms with van der Waals surface area (Å²) in [7, 11) is 1.96. The normalized spacial score (nSPS) is 23.4. The summed E-state index contributed by atoms with van der Waals surface area (Å²) in [5.41, 5.74) is 2.36. The smallest absolute Gasteiger partial charge is 0.130 e. The Morgan fingerprint density at radius 3 is 2.62 bits per heavy atom. The zero-order chi connectivity index (χ0) is 14.8. The number of fused-ring (bicyclic) bond motifs is 1. The second-order valence-corrected chi connectivity index (χ2v) is 6.24. The molecule has 1 saturated heterocycles. The van der Waals surface area contributed by atoms with Gasteiger partial charge in [-0.3, -0.25) is 4.90 Å². The number of para-hydroxylation sites is 1. The van der Waals surface area contributed by atoms with Gasteiger partial charge in [-0.1, -0.05) is 24.6 Å². The minimum Gasteiger partial charge on any atom is -0.373 e. The highest BCUT2D eigenvalue weighted by molar-refractivity contribution is 5.81. The summed E-state index contributed by atoms with van der Waals surface area (Å²) in [4.78, 5) is 7.39. The van der Waals surface area contributed by atoms with Gasteiger partial charge in [0, 0.05) is 36.6 Å². The number of hydrogen-bond donors (Lipinski definition) is 1. The number of likely N-dealkylation sites (tertiary alicyclic amines) is 1. The predicted octanol–water partition coefficient (Wildman–Crippen LogP) is 4.04. The van der Waals surface area contributed by atoms with Gasteiger partial charge in [-0.15, -0.1) is 0 Å². The molecule has 0 radical (unpaired) electrons. The van der Waals surface area contributed by atoms with Gasteiger partial charge < -0.3 is 5.32 Å². The molecule has 1 aromatic carbocycles. The summed E-state index contributed by atoms with van der Waals surface area (Å²) < 4.78 is 0. The number of piperidine rings is 1. The fraction of sp³-hybridized carbons (Fsp3) is 0.500. The maximum Gasteiger partial charge on any atom is 0.130 e. The Morgan fingerprint density at radius 1 is 1.19 bits per heavy atom. The van der Waals surface area contributed by atoms with Crippen molar-refractivity contribution in [1.29, 1.82) is 0 Å². The minimum absolute atomic E-state index is 0.657. The first kappa shape index (κ1) is 14.3. The number of rotatable bonds is 3. The molecule has 2 aromatic rings. The second kappa shape index (κ2) is 6.02. The molecule has 0 unspecified atom stereocenters. The van der Waals surface area contributed by atoms with Crippen molar-refractivity contribution in [2.45, 2.75) is 51.7 Å². The average Bonchev–Trinajstić information content (AvgIpc) is 2.50. The van der Waals surface area contributed by atoms with Crippen molar-refractivity contribution < 1.29 is 0 Å². The first-order valence-electron chi connectivity index (χ1n) is 8.01. The van der Waals surface area contributed by atoms with Crippen LogP contribution in [-0.4, -0.2) is 29.0 Å². The van der Waals surface area contributed by atoms with E-state index in [2.05, 4.69) is 48.3 Å². The zero-order valence-electron chi connectivity index (χ0n) is 13.3. The van der Waals surface area contributed by atoms with Crippen LogP contribution in [0.15, 0.2) is 30.3 Å². The summed E-state index contributed by atoms with van der Waals surface area (Å²) >= 11 is 0. The average molecular weight is 283 g/mol. The SMILES string of the molecule is CNc1nc2ccccc2cc1CN1[C@H](C)CCC[C@@H]1C. The molecule has 0 amide bonds. The molecule has 1 aromatic heterocycles. The number of hydrogen-bond acceptors (Lipinski definition) is 3. The molecular weight excluding hydrogens is 258 g/mol. The first-order chi connectivity index (χ1) is 10.2.